The van der Waals surface area contributed by atoms with Crippen molar-refractivity contribution in [3.63, 3.8) is 0 Å². The molecule has 0 unspecified atom stereocenters. The monoisotopic (exact) mass is 273 g/mol. The summed E-state index contributed by atoms with van der Waals surface area (Å²) in [6, 6.07) is 6.59. The number of rotatable bonds is 2. The van der Waals surface area contributed by atoms with Gasteiger partial charge in [0, 0.05) is 24.1 Å². The number of benzene rings is 1. The Labute approximate surface area is 119 Å². The van der Waals surface area contributed by atoms with Crippen LogP contribution < -0.4 is 5.32 Å². The molecule has 0 aliphatic rings. The standard InChI is InChI=1S/C16H20FN3/c1-10-6-7-11(17)8-12(10)13-9-14(18-5)20-15(19-13)16(2,3)4/h6-9H,1-5H3,(H,18,19,20). The average molecular weight is 273 g/mol. The Kier molecular flexibility index (Phi) is 3.75. The molecule has 2 rings (SSSR count). The minimum absolute atomic E-state index is 0.164. The van der Waals surface area contributed by atoms with E-state index in [1.807, 2.05) is 20.0 Å². The number of nitrogens with one attached hydrogen (secondary N) is 1. The lowest BCUT2D eigenvalue weighted by molar-refractivity contribution is 0.547. The highest BCUT2D eigenvalue weighted by molar-refractivity contribution is 5.66. The van der Waals surface area contributed by atoms with E-state index in [4.69, 9.17) is 0 Å². The predicted molar refractivity (Wildman–Crippen MR) is 80.4 cm³/mol. The molecule has 0 spiro atoms. The van der Waals surface area contributed by atoms with Gasteiger partial charge in [-0.05, 0) is 24.6 Å². The quantitative estimate of drug-likeness (QED) is 0.901. The number of aromatic nitrogens is 2. The van der Waals surface area contributed by atoms with Gasteiger partial charge in [0.25, 0.3) is 0 Å². The second-order valence-electron chi connectivity index (χ2n) is 5.92. The van der Waals surface area contributed by atoms with Gasteiger partial charge in [-0.2, -0.15) is 0 Å². The van der Waals surface area contributed by atoms with Crippen molar-refractivity contribution in [3.05, 3.63) is 41.5 Å². The zero-order chi connectivity index (χ0) is 14.9. The first-order valence-electron chi connectivity index (χ1n) is 6.65. The van der Waals surface area contributed by atoms with Crippen LogP contribution in [0.2, 0.25) is 0 Å². The van der Waals surface area contributed by atoms with Crippen LogP contribution in [0, 0.1) is 12.7 Å². The summed E-state index contributed by atoms with van der Waals surface area (Å²) in [4.78, 5) is 9.09. The largest absolute Gasteiger partial charge is 0.373 e. The van der Waals surface area contributed by atoms with E-state index in [1.165, 1.54) is 12.1 Å². The Balaban J connectivity index is 2.64. The van der Waals surface area contributed by atoms with Crippen LogP contribution in [0.1, 0.15) is 32.2 Å². The van der Waals surface area contributed by atoms with Gasteiger partial charge >= 0.3 is 0 Å². The van der Waals surface area contributed by atoms with E-state index >= 15 is 0 Å². The van der Waals surface area contributed by atoms with Crippen molar-refractivity contribution in [2.75, 3.05) is 12.4 Å². The van der Waals surface area contributed by atoms with E-state index < -0.39 is 0 Å². The molecule has 1 heterocycles. The van der Waals surface area contributed by atoms with E-state index in [0.717, 1.165) is 28.5 Å². The third-order valence-corrected chi connectivity index (χ3v) is 3.13. The van der Waals surface area contributed by atoms with Crippen LogP contribution in [0.5, 0.6) is 0 Å². The van der Waals surface area contributed by atoms with Crippen LogP contribution in [0.4, 0.5) is 10.2 Å². The Morgan fingerprint density at radius 1 is 1.10 bits per heavy atom. The first-order valence-corrected chi connectivity index (χ1v) is 6.65. The summed E-state index contributed by atoms with van der Waals surface area (Å²) in [5.74, 6) is 1.22. The summed E-state index contributed by atoms with van der Waals surface area (Å²) in [6.07, 6.45) is 0. The number of aryl methyl sites for hydroxylation is 1. The fourth-order valence-corrected chi connectivity index (χ4v) is 1.92. The third-order valence-electron chi connectivity index (χ3n) is 3.13. The molecular weight excluding hydrogens is 253 g/mol. The number of hydrogen-bond acceptors (Lipinski definition) is 3. The Morgan fingerprint density at radius 3 is 2.40 bits per heavy atom. The molecule has 20 heavy (non-hydrogen) atoms. The highest BCUT2D eigenvalue weighted by atomic mass is 19.1. The van der Waals surface area contributed by atoms with Gasteiger partial charge in [0.15, 0.2) is 0 Å². The molecule has 0 radical (unpaired) electrons. The molecule has 0 saturated carbocycles. The summed E-state index contributed by atoms with van der Waals surface area (Å²) in [7, 11) is 1.82. The average Bonchev–Trinajstić information content (AvgIpc) is 2.40. The van der Waals surface area contributed by atoms with E-state index in [2.05, 4.69) is 36.1 Å². The molecule has 3 nitrogen and oxygen atoms in total. The van der Waals surface area contributed by atoms with Crippen molar-refractivity contribution >= 4 is 5.82 Å². The smallest absolute Gasteiger partial charge is 0.136 e. The number of halogens is 1. The van der Waals surface area contributed by atoms with E-state index in [9.17, 15) is 4.39 Å². The first-order chi connectivity index (χ1) is 9.31. The molecule has 0 aliphatic heterocycles. The Hall–Kier alpha value is -1.97. The van der Waals surface area contributed by atoms with Gasteiger partial charge in [-0.3, -0.25) is 0 Å². The molecule has 106 valence electrons. The van der Waals surface area contributed by atoms with Gasteiger partial charge in [-0.1, -0.05) is 26.8 Å². The molecule has 0 fully saturated rings. The highest BCUT2D eigenvalue weighted by Gasteiger charge is 2.20. The number of anilines is 1. The molecule has 1 aromatic heterocycles. The SMILES string of the molecule is CNc1cc(-c2cc(F)ccc2C)nc(C(C)(C)C)n1. The summed E-state index contributed by atoms with van der Waals surface area (Å²) in [5, 5.41) is 3.04. The minimum Gasteiger partial charge on any atom is -0.373 e. The first kappa shape index (κ1) is 14.4. The molecule has 2 aromatic rings. The summed E-state index contributed by atoms with van der Waals surface area (Å²) in [5.41, 5.74) is 2.37. The van der Waals surface area contributed by atoms with Gasteiger partial charge in [0.2, 0.25) is 0 Å². The maximum atomic E-state index is 13.5. The van der Waals surface area contributed by atoms with Crippen LogP contribution >= 0.6 is 0 Å². The zero-order valence-electron chi connectivity index (χ0n) is 12.6. The summed E-state index contributed by atoms with van der Waals surface area (Å²) in [6.45, 7) is 8.13. The molecule has 1 N–H and O–H groups in total. The molecule has 0 amide bonds. The van der Waals surface area contributed by atoms with Crippen molar-refractivity contribution in [1.82, 2.24) is 9.97 Å². The minimum atomic E-state index is -0.257. The lowest BCUT2D eigenvalue weighted by Crippen LogP contribution is -2.17. The molecule has 0 saturated heterocycles. The van der Waals surface area contributed by atoms with Crippen LogP contribution in [-0.2, 0) is 5.41 Å². The Bertz CT molecular complexity index is 630. The van der Waals surface area contributed by atoms with Gasteiger partial charge in [-0.15, -0.1) is 0 Å². The van der Waals surface area contributed by atoms with Crippen molar-refractivity contribution in [1.29, 1.82) is 0 Å². The van der Waals surface area contributed by atoms with Crippen molar-refractivity contribution in [2.45, 2.75) is 33.1 Å². The summed E-state index contributed by atoms with van der Waals surface area (Å²) < 4.78 is 13.5. The van der Waals surface area contributed by atoms with E-state index in [1.54, 1.807) is 6.07 Å². The lowest BCUT2D eigenvalue weighted by Gasteiger charge is -2.19. The van der Waals surface area contributed by atoms with Crippen molar-refractivity contribution in [3.8, 4) is 11.3 Å². The second-order valence-corrected chi connectivity index (χ2v) is 5.92. The third kappa shape index (κ3) is 2.95. The van der Waals surface area contributed by atoms with Gasteiger partial charge in [0.05, 0.1) is 5.69 Å². The molecule has 1 aromatic carbocycles. The highest BCUT2D eigenvalue weighted by Crippen LogP contribution is 2.27. The predicted octanol–water partition coefficient (Wildman–Crippen LogP) is 3.93. The van der Waals surface area contributed by atoms with Crippen LogP contribution in [0.25, 0.3) is 11.3 Å². The van der Waals surface area contributed by atoms with Gasteiger partial charge in [-0.25, -0.2) is 14.4 Å². The fourth-order valence-electron chi connectivity index (χ4n) is 1.92. The molecule has 4 heteroatoms. The van der Waals surface area contributed by atoms with Crippen molar-refractivity contribution in [2.24, 2.45) is 0 Å². The van der Waals surface area contributed by atoms with Crippen LogP contribution in [0.3, 0.4) is 0 Å². The fraction of sp³-hybridized carbons (Fsp3) is 0.375. The zero-order valence-corrected chi connectivity index (χ0v) is 12.6. The number of hydrogen-bond donors (Lipinski definition) is 1. The lowest BCUT2D eigenvalue weighted by atomic mass is 9.95. The van der Waals surface area contributed by atoms with E-state index in [-0.39, 0.29) is 11.2 Å². The topological polar surface area (TPSA) is 37.8 Å². The second kappa shape index (κ2) is 5.19. The molecular formula is C16H20FN3. The van der Waals surface area contributed by atoms with Crippen LogP contribution in [0.15, 0.2) is 24.3 Å². The molecule has 0 bridgehead atoms. The van der Waals surface area contributed by atoms with Crippen molar-refractivity contribution < 1.29 is 4.39 Å². The van der Waals surface area contributed by atoms with Gasteiger partial charge < -0.3 is 5.32 Å². The molecule has 0 aliphatic carbocycles. The van der Waals surface area contributed by atoms with E-state index in [0.29, 0.717) is 0 Å². The maximum Gasteiger partial charge on any atom is 0.136 e. The maximum absolute atomic E-state index is 13.5. The summed E-state index contributed by atoms with van der Waals surface area (Å²) >= 11 is 0. The van der Waals surface area contributed by atoms with Gasteiger partial charge in [0.1, 0.15) is 17.5 Å². The van der Waals surface area contributed by atoms with Crippen LogP contribution in [-0.4, -0.2) is 17.0 Å². The Morgan fingerprint density at radius 2 is 1.80 bits per heavy atom. The molecule has 0 atom stereocenters. The normalized spacial score (nSPS) is 11.5. The number of nitrogens with zero attached hydrogens (tertiary/aromatic N) is 2.